The Labute approximate surface area is 97.5 Å². The number of halogens is 3. The summed E-state index contributed by atoms with van der Waals surface area (Å²) >= 11 is 0. The molecule has 0 radical (unpaired) electrons. The van der Waals surface area contributed by atoms with Crippen LogP contribution >= 0.6 is 0 Å². The molecule has 0 aromatic rings. The molecule has 7 heteroatoms. The summed E-state index contributed by atoms with van der Waals surface area (Å²) in [7, 11) is 0. The summed E-state index contributed by atoms with van der Waals surface area (Å²) in [4.78, 5) is 10.6. The predicted octanol–water partition coefficient (Wildman–Crippen LogP) is 1.14. The molecule has 0 spiro atoms. The lowest BCUT2D eigenvalue weighted by Gasteiger charge is -2.31. The number of carbonyl (C=O) groups excluding carboxylic acids is 1. The second kappa shape index (κ2) is 5.68. The molecule has 0 bridgehead atoms. The third-order valence-corrected chi connectivity index (χ3v) is 3.16. The summed E-state index contributed by atoms with van der Waals surface area (Å²) in [5.74, 6) is -2.02. The van der Waals surface area contributed by atoms with Gasteiger partial charge in [0.2, 0.25) is 0 Å². The zero-order chi connectivity index (χ0) is 13.1. The molecule has 0 heterocycles. The van der Waals surface area contributed by atoms with E-state index in [1.807, 2.05) is 0 Å². The van der Waals surface area contributed by atoms with Gasteiger partial charge in [-0.05, 0) is 38.1 Å². The molecule has 1 unspecified atom stereocenters. The van der Waals surface area contributed by atoms with Gasteiger partial charge in [-0.1, -0.05) is 0 Å². The fraction of sp³-hybridized carbons (Fsp3) is 0.900. The van der Waals surface area contributed by atoms with Crippen LogP contribution in [0.3, 0.4) is 0 Å². The van der Waals surface area contributed by atoms with E-state index < -0.39 is 18.4 Å². The van der Waals surface area contributed by atoms with Crippen molar-refractivity contribution in [2.75, 3.05) is 6.54 Å². The Morgan fingerprint density at radius 3 is 2.24 bits per heavy atom. The second-order valence-corrected chi connectivity index (χ2v) is 4.38. The Bertz CT molecular complexity index is 263. The number of hydrogen-bond acceptors (Lipinski definition) is 4. The molecule has 0 aromatic carbocycles. The van der Waals surface area contributed by atoms with E-state index in [0.717, 1.165) is 12.8 Å². The highest BCUT2D eigenvalue weighted by Gasteiger charge is 2.43. The van der Waals surface area contributed by atoms with Crippen LogP contribution < -0.4 is 11.5 Å². The van der Waals surface area contributed by atoms with Gasteiger partial charge in [-0.15, -0.1) is 0 Å². The molecular weight excluding hydrogens is 237 g/mol. The maximum absolute atomic E-state index is 11.9. The van der Waals surface area contributed by atoms with Crippen LogP contribution in [-0.2, 0) is 9.53 Å². The molecule has 1 rings (SSSR count). The first kappa shape index (κ1) is 14.2. The Morgan fingerprint density at radius 1 is 1.29 bits per heavy atom. The van der Waals surface area contributed by atoms with Crippen LogP contribution in [0.25, 0.3) is 0 Å². The smallest absolute Gasteiger partial charge is 0.440 e. The second-order valence-electron chi connectivity index (χ2n) is 4.38. The number of carbonyl (C=O) groups is 1. The third kappa shape index (κ3) is 4.16. The van der Waals surface area contributed by atoms with Crippen molar-refractivity contribution in [2.24, 2.45) is 23.3 Å². The average molecular weight is 254 g/mol. The first-order valence-corrected chi connectivity index (χ1v) is 5.58. The standard InChI is InChI=1S/C10H17F3N2O2/c11-10(12,13)9(16)17-8(15)7-3-1-6(5-14)2-4-7/h6-8H,1-5,14-15H2. The van der Waals surface area contributed by atoms with Crippen LogP contribution in [-0.4, -0.2) is 24.9 Å². The van der Waals surface area contributed by atoms with Gasteiger partial charge in [0.1, 0.15) is 0 Å². The fourth-order valence-corrected chi connectivity index (χ4v) is 2.04. The van der Waals surface area contributed by atoms with Crippen molar-refractivity contribution in [1.82, 2.24) is 0 Å². The van der Waals surface area contributed by atoms with E-state index in [-0.39, 0.29) is 5.92 Å². The lowest BCUT2D eigenvalue weighted by Crippen LogP contribution is -2.41. The molecule has 0 aromatic heterocycles. The summed E-state index contributed by atoms with van der Waals surface area (Å²) < 4.78 is 40.0. The number of nitrogens with two attached hydrogens (primary N) is 2. The van der Waals surface area contributed by atoms with E-state index in [4.69, 9.17) is 11.5 Å². The molecule has 4 nitrogen and oxygen atoms in total. The maximum atomic E-state index is 11.9. The number of rotatable bonds is 3. The molecule has 1 saturated carbocycles. The van der Waals surface area contributed by atoms with E-state index in [9.17, 15) is 18.0 Å². The molecule has 0 saturated heterocycles. The minimum Gasteiger partial charge on any atom is -0.440 e. The summed E-state index contributed by atoms with van der Waals surface area (Å²) in [5.41, 5.74) is 11.0. The SMILES string of the molecule is NCC1CCC(C(N)OC(=O)C(F)(F)F)CC1. The summed E-state index contributed by atoms with van der Waals surface area (Å²) in [6.07, 6.45) is -3.23. The van der Waals surface area contributed by atoms with Crippen molar-refractivity contribution in [3.8, 4) is 0 Å². The number of alkyl halides is 3. The van der Waals surface area contributed by atoms with E-state index in [2.05, 4.69) is 4.74 Å². The highest BCUT2D eigenvalue weighted by atomic mass is 19.4. The van der Waals surface area contributed by atoms with Crippen LogP contribution in [0.2, 0.25) is 0 Å². The Kier molecular flexibility index (Phi) is 4.76. The molecule has 1 atom stereocenters. The van der Waals surface area contributed by atoms with Gasteiger partial charge >= 0.3 is 12.1 Å². The van der Waals surface area contributed by atoms with Gasteiger partial charge in [-0.2, -0.15) is 13.2 Å². The molecule has 0 amide bonds. The van der Waals surface area contributed by atoms with Crippen molar-refractivity contribution in [1.29, 1.82) is 0 Å². The van der Waals surface area contributed by atoms with Crippen molar-refractivity contribution >= 4 is 5.97 Å². The Balaban J connectivity index is 2.39. The summed E-state index contributed by atoms with van der Waals surface area (Å²) in [6, 6.07) is 0. The maximum Gasteiger partial charge on any atom is 0.490 e. The molecule has 17 heavy (non-hydrogen) atoms. The largest absolute Gasteiger partial charge is 0.490 e. The topological polar surface area (TPSA) is 78.3 Å². The predicted molar refractivity (Wildman–Crippen MR) is 54.6 cm³/mol. The van der Waals surface area contributed by atoms with Crippen LogP contribution in [0.1, 0.15) is 25.7 Å². The first-order valence-electron chi connectivity index (χ1n) is 5.58. The number of hydrogen-bond donors (Lipinski definition) is 2. The van der Waals surface area contributed by atoms with Gasteiger partial charge in [-0.25, -0.2) is 4.79 Å². The zero-order valence-corrected chi connectivity index (χ0v) is 9.37. The van der Waals surface area contributed by atoms with Gasteiger partial charge in [0.15, 0.2) is 6.23 Å². The molecular formula is C10H17F3N2O2. The fourth-order valence-electron chi connectivity index (χ4n) is 2.04. The summed E-state index contributed by atoms with van der Waals surface area (Å²) in [6.45, 7) is 0.574. The lowest BCUT2D eigenvalue weighted by molar-refractivity contribution is -0.207. The van der Waals surface area contributed by atoms with Crippen molar-refractivity contribution in [3.63, 3.8) is 0 Å². The van der Waals surface area contributed by atoms with Crippen molar-refractivity contribution in [2.45, 2.75) is 38.1 Å². The normalized spacial score (nSPS) is 27.6. The monoisotopic (exact) mass is 254 g/mol. The third-order valence-electron chi connectivity index (χ3n) is 3.16. The minimum atomic E-state index is -4.98. The number of ether oxygens (including phenoxy) is 1. The Morgan fingerprint density at radius 2 is 1.82 bits per heavy atom. The average Bonchev–Trinajstić information content (AvgIpc) is 2.27. The van der Waals surface area contributed by atoms with Crippen LogP contribution in [0.4, 0.5) is 13.2 Å². The molecule has 1 aliphatic rings. The van der Waals surface area contributed by atoms with Crippen molar-refractivity contribution < 1.29 is 22.7 Å². The van der Waals surface area contributed by atoms with Gasteiger partial charge in [-0.3, -0.25) is 5.73 Å². The van der Waals surface area contributed by atoms with E-state index in [1.165, 1.54) is 0 Å². The van der Waals surface area contributed by atoms with Crippen molar-refractivity contribution in [3.05, 3.63) is 0 Å². The zero-order valence-electron chi connectivity index (χ0n) is 9.37. The molecule has 100 valence electrons. The Hall–Kier alpha value is -0.820. The van der Waals surface area contributed by atoms with Crippen LogP contribution in [0, 0.1) is 11.8 Å². The lowest BCUT2D eigenvalue weighted by atomic mass is 9.81. The molecule has 4 N–H and O–H groups in total. The van der Waals surface area contributed by atoms with Gasteiger partial charge in [0, 0.05) is 5.92 Å². The van der Waals surface area contributed by atoms with E-state index >= 15 is 0 Å². The van der Waals surface area contributed by atoms with E-state index in [1.54, 1.807) is 0 Å². The molecule has 0 aliphatic heterocycles. The minimum absolute atomic E-state index is 0.205. The quantitative estimate of drug-likeness (QED) is 0.585. The molecule has 1 fully saturated rings. The highest BCUT2D eigenvalue weighted by molar-refractivity contribution is 5.75. The molecule has 1 aliphatic carbocycles. The summed E-state index contributed by atoms with van der Waals surface area (Å²) in [5, 5.41) is 0. The number of esters is 1. The van der Waals surface area contributed by atoms with Gasteiger partial charge in [0.25, 0.3) is 0 Å². The van der Waals surface area contributed by atoms with E-state index in [0.29, 0.717) is 25.3 Å². The van der Waals surface area contributed by atoms with Crippen LogP contribution in [0.5, 0.6) is 0 Å². The highest BCUT2D eigenvalue weighted by Crippen LogP contribution is 2.30. The first-order chi connectivity index (χ1) is 7.84. The van der Waals surface area contributed by atoms with Crippen LogP contribution in [0.15, 0.2) is 0 Å². The van der Waals surface area contributed by atoms with Gasteiger partial charge in [0.05, 0.1) is 0 Å². The van der Waals surface area contributed by atoms with Gasteiger partial charge < -0.3 is 10.5 Å².